The Hall–Kier alpha value is -2.33. The van der Waals surface area contributed by atoms with Crippen LogP contribution in [0.25, 0.3) is 0 Å². The van der Waals surface area contributed by atoms with Crippen molar-refractivity contribution < 1.29 is 9.59 Å². The highest BCUT2D eigenvalue weighted by atomic mass is 35.5. The summed E-state index contributed by atoms with van der Waals surface area (Å²) in [7, 11) is 0. The van der Waals surface area contributed by atoms with Gasteiger partial charge in [-0.1, -0.05) is 35.9 Å². The quantitative estimate of drug-likeness (QED) is 0.927. The number of primary amides is 1. The number of benzene rings is 2. The summed E-state index contributed by atoms with van der Waals surface area (Å²) in [6.45, 7) is 1.43. The van der Waals surface area contributed by atoms with Gasteiger partial charge in [0.25, 0.3) is 5.91 Å². The summed E-state index contributed by atoms with van der Waals surface area (Å²) in [6, 6.07) is 14.5. The normalized spacial score (nSPS) is 17.0. The predicted molar refractivity (Wildman–Crippen MR) is 94.1 cm³/mol. The fourth-order valence-electron chi connectivity index (χ4n) is 3.17. The molecule has 2 aromatic carbocycles. The van der Waals surface area contributed by atoms with Crippen molar-refractivity contribution in [1.29, 1.82) is 0 Å². The highest BCUT2D eigenvalue weighted by molar-refractivity contribution is 6.33. The Morgan fingerprint density at radius 3 is 2.71 bits per heavy atom. The molecule has 24 heavy (non-hydrogen) atoms. The molecule has 0 radical (unpaired) electrons. The van der Waals surface area contributed by atoms with Gasteiger partial charge in [-0.05, 0) is 48.6 Å². The van der Waals surface area contributed by atoms with Crippen molar-refractivity contribution in [2.75, 3.05) is 13.1 Å². The van der Waals surface area contributed by atoms with Gasteiger partial charge in [0.05, 0.1) is 10.6 Å². The number of hydrogen-bond donors (Lipinski definition) is 1. The Bertz CT molecular complexity index is 775. The highest BCUT2D eigenvalue weighted by Crippen LogP contribution is 2.25. The van der Waals surface area contributed by atoms with E-state index in [1.54, 1.807) is 18.2 Å². The van der Waals surface area contributed by atoms with Gasteiger partial charge in [-0.25, -0.2) is 0 Å². The van der Waals surface area contributed by atoms with Gasteiger partial charge in [0.2, 0.25) is 5.91 Å². The second kappa shape index (κ2) is 7.05. The van der Waals surface area contributed by atoms with Crippen LogP contribution in [-0.2, 0) is 6.42 Å². The van der Waals surface area contributed by atoms with E-state index in [0.717, 1.165) is 24.9 Å². The smallest absolute Gasteiger partial charge is 0.255 e. The van der Waals surface area contributed by atoms with E-state index in [-0.39, 0.29) is 5.91 Å². The van der Waals surface area contributed by atoms with Crippen LogP contribution in [0.5, 0.6) is 0 Å². The first kappa shape index (κ1) is 16.5. The molecule has 1 aliphatic rings. The molecule has 1 heterocycles. The van der Waals surface area contributed by atoms with E-state index < -0.39 is 5.91 Å². The zero-order valence-electron chi connectivity index (χ0n) is 13.2. The van der Waals surface area contributed by atoms with E-state index in [4.69, 9.17) is 17.3 Å². The molecule has 2 N–H and O–H groups in total. The minimum absolute atomic E-state index is 0.0195. The molecule has 5 heteroatoms. The molecule has 0 aliphatic carbocycles. The van der Waals surface area contributed by atoms with Crippen LogP contribution in [0.15, 0.2) is 48.5 Å². The second-order valence-electron chi connectivity index (χ2n) is 6.15. The fourth-order valence-corrected chi connectivity index (χ4v) is 3.39. The molecule has 124 valence electrons. The minimum atomic E-state index is -0.418. The molecule has 0 spiro atoms. The molecular weight excluding hydrogens is 324 g/mol. The SMILES string of the molecule is NC(=O)c1cccc(C[C@@H]2CCN(C(=O)c3ccccc3Cl)C2)c1. The third-order valence-electron chi connectivity index (χ3n) is 4.41. The van der Waals surface area contributed by atoms with E-state index in [9.17, 15) is 9.59 Å². The third kappa shape index (κ3) is 3.60. The lowest BCUT2D eigenvalue weighted by atomic mass is 9.97. The Morgan fingerprint density at radius 1 is 1.17 bits per heavy atom. The molecule has 1 saturated heterocycles. The van der Waals surface area contributed by atoms with Crippen molar-refractivity contribution in [2.45, 2.75) is 12.8 Å². The first-order valence-electron chi connectivity index (χ1n) is 7.97. The van der Waals surface area contributed by atoms with Crippen molar-refractivity contribution in [2.24, 2.45) is 11.7 Å². The monoisotopic (exact) mass is 342 g/mol. The number of amides is 2. The van der Waals surface area contributed by atoms with Gasteiger partial charge in [0, 0.05) is 18.7 Å². The lowest BCUT2D eigenvalue weighted by molar-refractivity contribution is 0.0787. The maximum Gasteiger partial charge on any atom is 0.255 e. The van der Waals surface area contributed by atoms with Gasteiger partial charge in [-0.2, -0.15) is 0 Å². The van der Waals surface area contributed by atoms with Crippen LogP contribution < -0.4 is 5.73 Å². The number of nitrogens with zero attached hydrogens (tertiary/aromatic N) is 1. The Morgan fingerprint density at radius 2 is 1.96 bits per heavy atom. The van der Waals surface area contributed by atoms with E-state index >= 15 is 0 Å². The molecule has 0 bridgehead atoms. The largest absolute Gasteiger partial charge is 0.366 e. The first-order valence-corrected chi connectivity index (χ1v) is 8.35. The Labute approximate surface area is 146 Å². The Balaban J connectivity index is 1.65. The summed E-state index contributed by atoms with van der Waals surface area (Å²) in [6.07, 6.45) is 1.77. The van der Waals surface area contributed by atoms with E-state index in [0.29, 0.717) is 28.6 Å². The van der Waals surface area contributed by atoms with Crippen molar-refractivity contribution in [3.63, 3.8) is 0 Å². The maximum absolute atomic E-state index is 12.6. The third-order valence-corrected chi connectivity index (χ3v) is 4.74. The van der Waals surface area contributed by atoms with Crippen LogP contribution in [0.1, 0.15) is 32.7 Å². The minimum Gasteiger partial charge on any atom is -0.366 e. The summed E-state index contributed by atoms with van der Waals surface area (Å²) in [4.78, 5) is 25.7. The molecule has 2 aromatic rings. The van der Waals surface area contributed by atoms with Crippen LogP contribution in [-0.4, -0.2) is 29.8 Å². The summed E-state index contributed by atoms with van der Waals surface area (Å²) in [5.74, 6) is -0.0626. The molecule has 3 rings (SSSR count). The van der Waals surface area contributed by atoms with Crippen molar-refractivity contribution in [1.82, 2.24) is 4.90 Å². The van der Waals surface area contributed by atoms with Gasteiger partial charge in [0.15, 0.2) is 0 Å². The zero-order chi connectivity index (χ0) is 17.1. The summed E-state index contributed by atoms with van der Waals surface area (Å²) < 4.78 is 0. The summed E-state index contributed by atoms with van der Waals surface area (Å²) in [5.41, 5.74) is 7.47. The van der Waals surface area contributed by atoms with E-state index in [2.05, 4.69) is 0 Å². The molecule has 1 atom stereocenters. The number of likely N-dealkylation sites (tertiary alicyclic amines) is 1. The van der Waals surface area contributed by atoms with Crippen LogP contribution in [0.4, 0.5) is 0 Å². The average Bonchev–Trinajstić information content (AvgIpc) is 3.03. The van der Waals surface area contributed by atoms with Crippen LogP contribution in [0.2, 0.25) is 5.02 Å². The molecular formula is C19H19ClN2O2. The Kier molecular flexibility index (Phi) is 4.86. The lowest BCUT2D eigenvalue weighted by Gasteiger charge is -2.17. The zero-order valence-corrected chi connectivity index (χ0v) is 14.0. The standard InChI is InChI=1S/C19H19ClN2O2/c20-17-7-2-1-6-16(17)19(24)22-9-8-14(12-22)10-13-4-3-5-15(11-13)18(21)23/h1-7,11,14H,8-10,12H2,(H2,21,23)/t14-/m0/s1. The number of carbonyl (C=O) groups is 2. The number of nitrogens with two attached hydrogens (primary N) is 1. The molecule has 1 fully saturated rings. The molecule has 0 unspecified atom stereocenters. The maximum atomic E-state index is 12.6. The summed E-state index contributed by atoms with van der Waals surface area (Å²) in [5, 5.41) is 0.486. The van der Waals surface area contributed by atoms with Crippen molar-refractivity contribution in [3.8, 4) is 0 Å². The number of carbonyl (C=O) groups excluding carboxylic acids is 2. The van der Waals surface area contributed by atoms with Crippen LogP contribution in [0, 0.1) is 5.92 Å². The second-order valence-corrected chi connectivity index (χ2v) is 6.56. The number of rotatable bonds is 4. The van der Waals surface area contributed by atoms with Crippen LogP contribution >= 0.6 is 11.6 Å². The fraction of sp³-hybridized carbons (Fsp3) is 0.263. The number of halogens is 1. The molecule has 2 amide bonds. The highest BCUT2D eigenvalue weighted by Gasteiger charge is 2.28. The van der Waals surface area contributed by atoms with Gasteiger partial charge < -0.3 is 10.6 Å². The van der Waals surface area contributed by atoms with E-state index in [1.807, 2.05) is 35.2 Å². The van der Waals surface area contributed by atoms with Gasteiger partial charge >= 0.3 is 0 Å². The van der Waals surface area contributed by atoms with Gasteiger partial charge in [0.1, 0.15) is 0 Å². The summed E-state index contributed by atoms with van der Waals surface area (Å²) >= 11 is 6.12. The molecule has 0 saturated carbocycles. The van der Waals surface area contributed by atoms with Gasteiger partial charge in [-0.15, -0.1) is 0 Å². The molecule has 0 aromatic heterocycles. The van der Waals surface area contributed by atoms with Crippen molar-refractivity contribution >= 4 is 23.4 Å². The lowest BCUT2D eigenvalue weighted by Crippen LogP contribution is -2.29. The van der Waals surface area contributed by atoms with E-state index in [1.165, 1.54) is 0 Å². The molecule has 1 aliphatic heterocycles. The first-order chi connectivity index (χ1) is 11.5. The van der Waals surface area contributed by atoms with Crippen molar-refractivity contribution in [3.05, 3.63) is 70.2 Å². The topological polar surface area (TPSA) is 63.4 Å². The van der Waals surface area contributed by atoms with Crippen LogP contribution in [0.3, 0.4) is 0 Å². The average molecular weight is 343 g/mol. The van der Waals surface area contributed by atoms with Gasteiger partial charge in [-0.3, -0.25) is 9.59 Å². The predicted octanol–water partition coefficient (Wildman–Crippen LogP) is 3.14. The molecule has 4 nitrogen and oxygen atoms in total. The number of hydrogen-bond acceptors (Lipinski definition) is 2.